The zero-order valence-electron chi connectivity index (χ0n) is 24.0. The second-order valence-corrected chi connectivity index (χ2v) is 11.5. The van der Waals surface area contributed by atoms with Crippen LogP contribution in [0, 0.1) is 0 Å². The highest BCUT2D eigenvalue weighted by Gasteiger charge is 2.18. The highest BCUT2D eigenvalue weighted by Crippen LogP contribution is 2.45. The summed E-state index contributed by atoms with van der Waals surface area (Å²) < 4.78 is 0. The van der Waals surface area contributed by atoms with E-state index in [1.165, 1.54) is 76.5 Å². The highest BCUT2D eigenvalue weighted by molar-refractivity contribution is 6.21. The Kier molecular flexibility index (Phi) is 5.57. The molecule has 0 fully saturated rings. The van der Waals surface area contributed by atoms with Gasteiger partial charge in [0.15, 0.2) is 0 Å². The van der Waals surface area contributed by atoms with Gasteiger partial charge in [0.25, 0.3) is 0 Å². The Morgan fingerprint density at radius 1 is 0.295 bits per heavy atom. The molecule has 0 saturated carbocycles. The Morgan fingerprint density at radius 2 is 0.773 bits per heavy atom. The Balaban J connectivity index is 1.29. The molecular weight excluding hydrogens is 530 g/mol. The fraction of sp³-hybridized carbons (Fsp3) is 0. The van der Waals surface area contributed by atoms with Gasteiger partial charge < -0.3 is 0 Å². The second kappa shape index (κ2) is 9.90. The molecule has 0 amide bonds. The Hall–Kier alpha value is -5.79. The number of fused-ring (bicyclic) bond motifs is 7. The van der Waals surface area contributed by atoms with E-state index in [0.29, 0.717) is 0 Å². The summed E-state index contributed by atoms with van der Waals surface area (Å²) in [6.45, 7) is 0. The van der Waals surface area contributed by atoms with Crippen molar-refractivity contribution in [2.45, 2.75) is 0 Å². The van der Waals surface area contributed by atoms with E-state index in [-0.39, 0.29) is 0 Å². The molecule has 9 aromatic rings. The third-order valence-corrected chi connectivity index (χ3v) is 9.02. The average molecular weight is 558 g/mol. The van der Waals surface area contributed by atoms with Crippen LogP contribution in [-0.2, 0) is 0 Å². The van der Waals surface area contributed by atoms with Crippen LogP contribution in [0.1, 0.15) is 0 Å². The van der Waals surface area contributed by atoms with Gasteiger partial charge in [-0.05, 0) is 83.9 Å². The molecule has 0 unspecified atom stereocenters. The largest absolute Gasteiger partial charge is 0.248 e. The quantitative estimate of drug-likeness (QED) is 0.155. The summed E-state index contributed by atoms with van der Waals surface area (Å²) >= 11 is 0. The van der Waals surface area contributed by atoms with Crippen LogP contribution in [0.2, 0.25) is 0 Å². The predicted octanol–water partition coefficient (Wildman–Crippen LogP) is 11.8. The smallest absolute Gasteiger partial charge is 0.0722 e. The van der Waals surface area contributed by atoms with Crippen molar-refractivity contribution in [3.05, 3.63) is 164 Å². The Morgan fingerprint density at radius 3 is 1.43 bits per heavy atom. The van der Waals surface area contributed by atoms with Crippen LogP contribution in [0.4, 0.5) is 0 Å². The maximum absolute atomic E-state index is 5.09. The summed E-state index contributed by atoms with van der Waals surface area (Å²) in [5.74, 6) is 0. The van der Waals surface area contributed by atoms with Gasteiger partial charge in [0.05, 0.1) is 11.0 Å². The maximum Gasteiger partial charge on any atom is 0.0722 e. The lowest BCUT2D eigenvalue weighted by molar-refractivity contribution is 1.50. The zero-order valence-corrected chi connectivity index (χ0v) is 24.0. The minimum atomic E-state index is 1.02. The molecule has 0 atom stereocenters. The Bertz CT molecular complexity index is 2530. The third kappa shape index (κ3) is 3.83. The van der Waals surface area contributed by atoms with Crippen molar-refractivity contribution >= 4 is 54.1 Å². The highest BCUT2D eigenvalue weighted by atomic mass is 14.7. The molecule has 0 aliphatic heterocycles. The first-order valence-electron chi connectivity index (χ1n) is 15.1. The number of pyridine rings is 1. The molecule has 9 rings (SSSR count). The van der Waals surface area contributed by atoms with Crippen molar-refractivity contribution in [3.8, 4) is 33.4 Å². The average Bonchev–Trinajstić information content (AvgIpc) is 3.10. The predicted molar refractivity (Wildman–Crippen MR) is 188 cm³/mol. The molecule has 1 heteroatoms. The molecule has 1 aromatic heterocycles. The summed E-state index contributed by atoms with van der Waals surface area (Å²) in [4.78, 5) is 5.09. The molecule has 0 saturated heterocycles. The van der Waals surface area contributed by atoms with E-state index in [0.717, 1.165) is 11.0 Å². The van der Waals surface area contributed by atoms with Crippen molar-refractivity contribution in [1.82, 2.24) is 4.98 Å². The lowest BCUT2D eigenvalue weighted by Gasteiger charge is -2.19. The second-order valence-electron chi connectivity index (χ2n) is 11.5. The van der Waals surface area contributed by atoms with Crippen LogP contribution in [0.3, 0.4) is 0 Å². The molecule has 44 heavy (non-hydrogen) atoms. The molecule has 0 aliphatic carbocycles. The number of rotatable bonds is 3. The lowest BCUT2D eigenvalue weighted by atomic mass is 9.84. The van der Waals surface area contributed by atoms with Crippen LogP contribution in [0.25, 0.3) is 87.5 Å². The van der Waals surface area contributed by atoms with Gasteiger partial charge in [-0.15, -0.1) is 0 Å². The van der Waals surface area contributed by atoms with E-state index in [9.17, 15) is 0 Å². The van der Waals surface area contributed by atoms with Crippen molar-refractivity contribution in [1.29, 1.82) is 0 Å². The van der Waals surface area contributed by atoms with Crippen LogP contribution in [0.15, 0.2) is 164 Å². The van der Waals surface area contributed by atoms with E-state index >= 15 is 0 Å². The fourth-order valence-corrected chi connectivity index (χ4v) is 7.03. The van der Waals surface area contributed by atoms with E-state index in [2.05, 4.69) is 164 Å². The summed E-state index contributed by atoms with van der Waals surface area (Å²) in [6, 6.07) is 59.2. The van der Waals surface area contributed by atoms with Crippen LogP contribution >= 0.6 is 0 Å². The van der Waals surface area contributed by atoms with Crippen molar-refractivity contribution in [2.75, 3.05) is 0 Å². The molecule has 204 valence electrons. The fourth-order valence-electron chi connectivity index (χ4n) is 7.03. The number of nitrogens with zero attached hydrogens (tertiary/aromatic N) is 1. The minimum absolute atomic E-state index is 1.02. The third-order valence-electron chi connectivity index (χ3n) is 9.02. The van der Waals surface area contributed by atoms with Crippen LogP contribution < -0.4 is 0 Å². The molecule has 0 spiro atoms. The van der Waals surface area contributed by atoms with Gasteiger partial charge in [-0.1, -0.05) is 146 Å². The van der Waals surface area contributed by atoms with Crippen molar-refractivity contribution in [3.63, 3.8) is 0 Å². The van der Waals surface area contributed by atoms with E-state index in [1.807, 2.05) is 0 Å². The summed E-state index contributed by atoms with van der Waals surface area (Å²) in [6.07, 6.45) is 0. The molecule has 0 aliphatic rings. The zero-order chi connectivity index (χ0) is 29.0. The number of benzene rings is 8. The van der Waals surface area contributed by atoms with Gasteiger partial charge in [0, 0.05) is 10.8 Å². The molecule has 0 N–H and O–H groups in total. The standard InChI is InChI=1S/C43H27N/c1-2-12-29(13-3-1)42-36-19-9-7-15-32(36)33-16-8-10-20-37(33)43(42)30-24-22-28(23-25-30)38-27-41-39(35-18-6-5-17-34(35)38)26-31-14-4-11-21-40(31)44-41/h1-27H. The molecule has 0 bridgehead atoms. The number of para-hydroxylation sites is 1. The summed E-state index contributed by atoms with van der Waals surface area (Å²) in [5.41, 5.74) is 9.42. The van der Waals surface area contributed by atoms with E-state index in [4.69, 9.17) is 4.98 Å². The van der Waals surface area contributed by atoms with Crippen molar-refractivity contribution in [2.24, 2.45) is 0 Å². The number of aromatic nitrogens is 1. The monoisotopic (exact) mass is 557 g/mol. The molecule has 1 nitrogen and oxygen atoms in total. The number of hydrogen-bond acceptors (Lipinski definition) is 1. The van der Waals surface area contributed by atoms with Gasteiger partial charge in [-0.25, -0.2) is 4.98 Å². The molecule has 1 heterocycles. The first-order valence-corrected chi connectivity index (χ1v) is 15.1. The number of hydrogen-bond donors (Lipinski definition) is 0. The lowest BCUT2D eigenvalue weighted by Crippen LogP contribution is -1.92. The SMILES string of the molecule is c1ccc(-c2c(-c3ccc(-c4cc5nc6ccccc6cc5c5ccccc45)cc3)c3ccccc3c3ccccc23)cc1. The molecule has 0 radical (unpaired) electrons. The molecule has 8 aromatic carbocycles. The summed E-state index contributed by atoms with van der Waals surface area (Å²) in [7, 11) is 0. The topological polar surface area (TPSA) is 12.9 Å². The van der Waals surface area contributed by atoms with Crippen LogP contribution in [-0.4, -0.2) is 4.98 Å². The first-order chi connectivity index (χ1) is 21.8. The maximum atomic E-state index is 5.09. The van der Waals surface area contributed by atoms with Crippen molar-refractivity contribution < 1.29 is 0 Å². The van der Waals surface area contributed by atoms with E-state index < -0.39 is 0 Å². The first kappa shape index (κ1) is 24.8. The minimum Gasteiger partial charge on any atom is -0.248 e. The van der Waals surface area contributed by atoms with Gasteiger partial charge >= 0.3 is 0 Å². The van der Waals surface area contributed by atoms with Gasteiger partial charge in [-0.2, -0.15) is 0 Å². The molecular formula is C43H27N. The van der Waals surface area contributed by atoms with Gasteiger partial charge in [-0.3, -0.25) is 0 Å². The van der Waals surface area contributed by atoms with Gasteiger partial charge in [0.2, 0.25) is 0 Å². The Labute approximate surface area is 255 Å². The van der Waals surface area contributed by atoms with Crippen LogP contribution in [0.5, 0.6) is 0 Å². The summed E-state index contributed by atoms with van der Waals surface area (Å²) in [5, 5.41) is 9.93. The normalized spacial score (nSPS) is 11.6. The van der Waals surface area contributed by atoms with E-state index in [1.54, 1.807) is 0 Å². The van der Waals surface area contributed by atoms with Gasteiger partial charge in [0.1, 0.15) is 0 Å².